The molecule has 4 bridgehead atoms. The van der Waals surface area contributed by atoms with Crippen LogP contribution in [0.2, 0.25) is 0 Å². The molecule has 8 heterocycles. The Morgan fingerprint density at radius 2 is 1.08 bits per heavy atom. The molecule has 6 heteroatoms. The summed E-state index contributed by atoms with van der Waals surface area (Å²) in [5.41, 5.74) is 7.51. The predicted octanol–water partition coefficient (Wildman–Crippen LogP) is 12.1. The SMILES string of the molecule is C=CCO[C@H](c1ccnc2ccccc12)[C@@H]1C[C@H]2CC[N+]1(Cc1ccc3ccc(C[N+]45CC[C@@H](C[C@H]4[C@H](OCC=C)c4ccnc6ccccc46)[C@@H](CC)C5)cc3c1)C[C@H]2CC. The van der Waals surface area contributed by atoms with Crippen molar-refractivity contribution in [1.29, 1.82) is 0 Å². The first-order valence-electron chi connectivity index (χ1n) is 23.8. The van der Waals surface area contributed by atoms with Gasteiger partial charge in [0.2, 0.25) is 0 Å². The summed E-state index contributed by atoms with van der Waals surface area (Å²) in [4.78, 5) is 9.51. The highest BCUT2D eigenvalue weighted by molar-refractivity contribution is 5.84. The van der Waals surface area contributed by atoms with Crippen LogP contribution in [-0.2, 0) is 22.6 Å². The van der Waals surface area contributed by atoms with Gasteiger partial charge in [-0.2, -0.15) is 0 Å². The van der Waals surface area contributed by atoms with E-state index >= 15 is 0 Å². The van der Waals surface area contributed by atoms with Crippen LogP contribution in [0.1, 0.15) is 86.8 Å². The van der Waals surface area contributed by atoms with E-state index in [2.05, 4.69) is 124 Å². The standard InChI is InChI=1S/C56H66N4O2/c1-5-29-61-55(49-21-25-57-51-15-11-9-13-47(49)51)53-33-44-23-27-59(53,37-41(44)7-3)35-39-17-19-43-20-18-40(32-46(43)31-39)36-60-28-24-45(42(8-4)38-60)34-54(60)56(62-30-6-2)50-22-26-58-52-16-12-10-14-48(50)52/h5-6,9-22,25-26,31-32,41-42,44-45,53-56H,1-2,7-8,23-24,27-30,33-38H2,3-4H3/q+2/t41-,42+,44-,45+,53-,54-,55+,56+,59?,60?/m0/s1. The molecule has 10 atom stereocenters. The zero-order chi connectivity index (χ0) is 42.3. The van der Waals surface area contributed by atoms with Crippen LogP contribution in [0.3, 0.4) is 0 Å². The van der Waals surface area contributed by atoms with Crippen LogP contribution < -0.4 is 0 Å². The van der Waals surface area contributed by atoms with Gasteiger partial charge in [-0.05, 0) is 83.0 Å². The summed E-state index contributed by atoms with van der Waals surface area (Å²) >= 11 is 0. The normalized spacial score (nSPS) is 28.9. The number of piperidine rings is 6. The van der Waals surface area contributed by atoms with Gasteiger partial charge in [-0.1, -0.05) is 86.7 Å². The lowest BCUT2D eigenvalue weighted by atomic mass is 9.70. The van der Waals surface area contributed by atoms with Crippen LogP contribution in [0, 0.1) is 23.7 Å². The molecule has 0 aliphatic carbocycles. The largest absolute Gasteiger partial charge is 0.363 e. The Balaban J connectivity index is 0.995. The number of fused-ring (bicyclic) bond motifs is 9. The Bertz CT molecular complexity index is 2390. The lowest BCUT2D eigenvalue weighted by molar-refractivity contribution is -0.986. The number of benzene rings is 4. The van der Waals surface area contributed by atoms with E-state index in [9.17, 15) is 0 Å². The Labute approximate surface area is 369 Å². The molecule has 0 N–H and O–H groups in total. The van der Waals surface area contributed by atoms with Gasteiger partial charge in [0.05, 0.1) is 50.4 Å². The molecule has 0 saturated carbocycles. The topological polar surface area (TPSA) is 44.2 Å². The van der Waals surface area contributed by atoms with Crippen molar-refractivity contribution in [2.24, 2.45) is 23.7 Å². The minimum absolute atomic E-state index is 0.0273. The number of rotatable bonds is 16. The molecule has 6 fully saturated rings. The minimum Gasteiger partial charge on any atom is -0.363 e. The number of hydrogen-bond acceptors (Lipinski definition) is 4. The van der Waals surface area contributed by atoms with E-state index in [1.165, 1.54) is 109 Å². The highest BCUT2D eigenvalue weighted by Crippen LogP contribution is 2.51. The molecule has 6 aromatic rings. The van der Waals surface area contributed by atoms with Gasteiger partial charge in [0.1, 0.15) is 37.4 Å². The van der Waals surface area contributed by atoms with E-state index in [1.807, 2.05) is 24.5 Å². The lowest BCUT2D eigenvalue weighted by Gasteiger charge is -2.59. The van der Waals surface area contributed by atoms with Gasteiger partial charge in [0.25, 0.3) is 0 Å². The van der Waals surface area contributed by atoms with E-state index in [0.29, 0.717) is 25.3 Å². The number of nitrogens with zero attached hydrogens (tertiary/aromatic N) is 4. The molecule has 2 unspecified atom stereocenters. The summed E-state index contributed by atoms with van der Waals surface area (Å²) < 4.78 is 16.0. The second-order valence-electron chi connectivity index (χ2n) is 19.5. The Morgan fingerprint density at radius 1 is 0.613 bits per heavy atom. The van der Waals surface area contributed by atoms with Crippen LogP contribution in [0.25, 0.3) is 32.6 Å². The van der Waals surface area contributed by atoms with Crippen LogP contribution >= 0.6 is 0 Å². The number of hydrogen-bond donors (Lipinski definition) is 0. The van der Waals surface area contributed by atoms with E-state index in [4.69, 9.17) is 19.4 Å². The van der Waals surface area contributed by atoms with Crippen molar-refractivity contribution in [1.82, 2.24) is 9.97 Å². The third-order valence-corrected chi connectivity index (χ3v) is 16.4. The smallest absolute Gasteiger partial charge is 0.135 e. The van der Waals surface area contributed by atoms with Gasteiger partial charge < -0.3 is 18.4 Å². The molecule has 12 rings (SSSR count). The highest BCUT2D eigenvalue weighted by atomic mass is 16.5. The molecule has 2 aromatic heterocycles. The van der Waals surface area contributed by atoms with Crippen molar-refractivity contribution in [3.05, 3.63) is 157 Å². The maximum absolute atomic E-state index is 6.92. The van der Waals surface area contributed by atoms with Crippen LogP contribution in [0.5, 0.6) is 0 Å². The molecule has 6 nitrogen and oxygen atoms in total. The first-order valence-corrected chi connectivity index (χ1v) is 23.8. The summed E-state index contributed by atoms with van der Waals surface area (Å²) in [7, 11) is 0. The van der Waals surface area contributed by atoms with E-state index < -0.39 is 0 Å². The number of quaternary nitrogens is 2. The molecule has 6 aliphatic rings. The van der Waals surface area contributed by atoms with E-state index in [1.54, 1.807) is 0 Å². The summed E-state index contributed by atoms with van der Waals surface area (Å²) in [6.07, 6.45) is 15.2. The first-order chi connectivity index (χ1) is 30.4. The second kappa shape index (κ2) is 17.4. The van der Waals surface area contributed by atoms with Gasteiger partial charge in [-0.25, -0.2) is 0 Å². The zero-order valence-electron chi connectivity index (χ0n) is 37.1. The molecular weight excluding hydrogens is 761 g/mol. The molecule has 62 heavy (non-hydrogen) atoms. The van der Waals surface area contributed by atoms with Crippen molar-refractivity contribution in [3.8, 4) is 0 Å². The zero-order valence-corrected chi connectivity index (χ0v) is 37.1. The first kappa shape index (κ1) is 41.3. The number of para-hydroxylation sites is 2. The van der Waals surface area contributed by atoms with Gasteiger partial charge >= 0.3 is 0 Å². The van der Waals surface area contributed by atoms with Crippen LogP contribution in [0.4, 0.5) is 0 Å². The molecule has 6 aliphatic heterocycles. The number of aromatic nitrogens is 2. The van der Waals surface area contributed by atoms with E-state index in [0.717, 1.165) is 56.8 Å². The Hall–Kier alpha value is -4.72. The fourth-order valence-corrected chi connectivity index (χ4v) is 13.5. The van der Waals surface area contributed by atoms with Crippen LogP contribution in [-0.4, -0.2) is 70.4 Å². The Morgan fingerprint density at radius 3 is 1.53 bits per heavy atom. The fraction of sp³-hybridized carbons (Fsp3) is 0.429. The van der Waals surface area contributed by atoms with Gasteiger partial charge in [-0.15, -0.1) is 13.2 Å². The average molecular weight is 827 g/mol. The average Bonchev–Trinajstić information content (AvgIpc) is 3.32. The molecule has 0 spiro atoms. The molecule has 6 saturated heterocycles. The maximum atomic E-state index is 6.92. The van der Waals surface area contributed by atoms with Gasteiger partial charge in [0, 0.05) is 71.8 Å². The quantitative estimate of drug-likeness (QED) is 0.0720. The predicted molar refractivity (Wildman–Crippen MR) is 253 cm³/mol. The third-order valence-electron chi connectivity index (χ3n) is 16.4. The number of pyridine rings is 2. The van der Waals surface area contributed by atoms with Gasteiger partial charge in [-0.3, -0.25) is 9.97 Å². The molecule has 0 radical (unpaired) electrons. The molecule has 320 valence electrons. The van der Waals surface area contributed by atoms with Crippen molar-refractivity contribution >= 4 is 32.6 Å². The minimum atomic E-state index is -0.0273. The number of ether oxygens (including phenoxy) is 2. The van der Waals surface area contributed by atoms with E-state index in [-0.39, 0.29) is 12.2 Å². The molecule has 0 amide bonds. The second-order valence-corrected chi connectivity index (χ2v) is 19.5. The Kier molecular flexibility index (Phi) is 11.6. The van der Waals surface area contributed by atoms with Crippen molar-refractivity contribution in [2.75, 3.05) is 39.4 Å². The maximum Gasteiger partial charge on any atom is 0.135 e. The molecular formula is C56H66N4O2+2. The fourth-order valence-electron chi connectivity index (χ4n) is 13.5. The van der Waals surface area contributed by atoms with Crippen molar-refractivity contribution < 1.29 is 18.4 Å². The van der Waals surface area contributed by atoms with Crippen molar-refractivity contribution in [2.45, 2.75) is 89.8 Å². The summed E-state index contributed by atoms with van der Waals surface area (Å²) in [6, 6.07) is 37.1. The summed E-state index contributed by atoms with van der Waals surface area (Å²) in [5, 5.41) is 5.10. The third kappa shape index (κ3) is 7.51. The van der Waals surface area contributed by atoms with Crippen molar-refractivity contribution in [3.63, 3.8) is 0 Å². The summed E-state index contributed by atoms with van der Waals surface area (Å²) in [6.45, 7) is 20.9. The molecule has 4 aromatic carbocycles. The highest BCUT2D eigenvalue weighted by Gasteiger charge is 2.56. The summed E-state index contributed by atoms with van der Waals surface area (Å²) in [5.74, 6) is 2.98. The van der Waals surface area contributed by atoms with Gasteiger partial charge in [0.15, 0.2) is 0 Å². The lowest BCUT2D eigenvalue weighted by Crippen LogP contribution is -2.68. The van der Waals surface area contributed by atoms with Crippen LogP contribution in [0.15, 0.2) is 135 Å². The monoisotopic (exact) mass is 827 g/mol.